The Kier molecular flexibility index (Phi) is 5.56. The minimum atomic E-state index is -0.0126. The first kappa shape index (κ1) is 15.0. The van der Waals surface area contributed by atoms with E-state index in [9.17, 15) is 4.79 Å². The first-order chi connectivity index (χ1) is 9.72. The summed E-state index contributed by atoms with van der Waals surface area (Å²) in [6, 6.07) is 7.75. The zero-order valence-corrected chi connectivity index (χ0v) is 12.0. The highest BCUT2D eigenvalue weighted by atomic mass is 16.5. The van der Waals surface area contributed by atoms with Crippen LogP contribution in [-0.4, -0.2) is 30.8 Å². The monoisotopic (exact) mass is 277 g/mol. The van der Waals surface area contributed by atoms with Gasteiger partial charge in [-0.1, -0.05) is 12.1 Å². The van der Waals surface area contributed by atoms with Crippen molar-refractivity contribution in [1.29, 1.82) is 0 Å². The van der Waals surface area contributed by atoms with Gasteiger partial charge in [0.15, 0.2) is 0 Å². The van der Waals surface area contributed by atoms with Crippen LogP contribution in [0.15, 0.2) is 24.3 Å². The smallest absolute Gasteiger partial charge is 0.251 e. The zero-order chi connectivity index (χ0) is 14.4. The van der Waals surface area contributed by atoms with Crippen LogP contribution in [-0.2, 0) is 11.3 Å². The summed E-state index contributed by atoms with van der Waals surface area (Å²) < 4.78 is 5.05. The Labute approximate surface area is 120 Å². The van der Waals surface area contributed by atoms with Crippen molar-refractivity contribution < 1.29 is 14.6 Å². The number of aliphatic hydroxyl groups excluding tert-OH is 1. The number of aliphatic hydroxyl groups is 1. The van der Waals surface area contributed by atoms with Crippen LogP contribution < -0.4 is 5.32 Å². The minimum absolute atomic E-state index is 0.0126. The molecular formula is C16H23NO3. The molecule has 1 aromatic rings. The first-order valence-electron chi connectivity index (χ1n) is 7.22. The van der Waals surface area contributed by atoms with Crippen molar-refractivity contribution in [2.24, 2.45) is 5.92 Å². The van der Waals surface area contributed by atoms with Gasteiger partial charge < -0.3 is 15.2 Å². The van der Waals surface area contributed by atoms with Crippen molar-refractivity contribution in [2.75, 3.05) is 13.7 Å². The first-order valence-corrected chi connectivity index (χ1v) is 7.22. The fraction of sp³-hybridized carbons (Fsp3) is 0.562. The van der Waals surface area contributed by atoms with Crippen LogP contribution in [0.5, 0.6) is 0 Å². The van der Waals surface area contributed by atoms with Gasteiger partial charge in [0.2, 0.25) is 0 Å². The molecule has 0 saturated heterocycles. The fourth-order valence-corrected chi connectivity index (χ4v) is 2.68. The molecule has 1 saturated carbocycles. The summed E-state index contributed by atoms with van der Waals surface area (Å²) in [5.74, 6) is 0.401. The van der Waals surface area contributed by atoms with Crippen molar-refractivity contribution in [3.8, 4) is 0 Å². The number of hydrogen-bond donors (Lipinski definition) is 2. The molecule has 0 aliphatic heterocycles. The predicted molar refractivity (Wildman–Crippen MR) is 77.5 cm³/mol. The maximum Gasteiger partial charge on any atom is 0.251 e. The van der Waals surface area contributed by atoms with Crippen molar-refractivity contribution >= 4 is 5.91 Å². The van der Waals surface area contributed by atoms with Gasteiger partial charge in [0.1, 0.15) is 0 Å². The summed E-state index contributed by atoms with van der Waals surface area (Å²) in [6.45, 7) is 0.828. The minimum Gasteiger partial charge on any atom is -0.396 e. The summed E-state index contributed by atoms with van der Waals surface area (Å²) in [5.41, 5.74) is 1.75. The second kappa shape index (κ2) is 7.41. The van der Waals surface area contributed by atoms with Gasteiger partial charge in [-0.2, -0.15) is 0 Å². The van der Waals surface area contributed by atoms with E-state index in [1.54, 1.807) is 7.11 Å². The number of amides is 1. The number of benzene rings is 1. The van der Waals surface area contributed by atoms with E-state index in [1.807, 2.05) is 24.3 Å². The maximum absolute atomic E-state index is 12.1. The molecule has 110 valence electrons. The lowest BCUT2D eigenvalue weighted by Gasteiger charge is -2.27. The standard InChI is InChI=1S/C16H23NO3/c1-20-11-13-2-6-14(7-3-13)16(19)17-15-8-4-12(10-18)5-9-15/h2-3,6-7,12,15,18H,4-5,8-11H2,1H3,(H,17,19). The molecule has 1 amide bonds. The maximum atomic E-state index is 12.1. The van der Waals surface area contributed by atoms with Crippen LogP contribution in [0.4, 0.5) is 0 Å². The zero-order valence-electron chi connectivity index (χ0n) is 12.0. The molecule has 4 nitrogen and oxygen atoms in total. The molecule has 0 aromatic heterocycles. The average molecular weight is 277 g/mol. The molecule has 1 aliphatic carbocycles. The molecule has 20 heavy (non-hydrogen) atoms. The third-order valence-corrected chi connectivity index (χ3v) is 3.97. The fourth-order valence-electron chi connectivity index (χ4n) is 2.68. The second-order valence-electron chi connectivity index (χ2n) is 5.50. The Bertz CT molecular complexity index is 422. The molecule has 0 heterocycles. The molecule has 0 atom stereocenters. The Morgan fingerprint density at radius 2 is 1.90 bits per heavy atom. The molecule has 2 N–H and O–H groups in total. The van der Waals surface area contributed by atoms with E-state index < -0.39 is 0 Å². The van der Waals surface area contributed by atoms with Crippen LogP contribution in [0.25, 0.3) is 0 Å². The van der Waals surface area contributed by atoms with Gasteiger partial charge in [0.05, 0.1) is 6.61 Å². The largest absolute Gasteiger partial charge is 0.396 e. The van der Waals surface area contributed by atoms with Gasteiger partial charge in [0.25, 0.3) is 5.91 Å². The molecule has 1 fully saturated rings. The van der Waals surface area contributed by atoms with Crippen molar-refractivity contribution in [3.05, 3.63) is 35.4 Å². The number of nitrogens with one attached hydrogen (secondary N) is 1. The highest BCUT2D eigenvalue weighted by Gasteiger charge is 2.22. The van der Waals surface area contributed by atoms with E-state index in [0.29, 0.717) is 18.1 Å². The summed E-state index contributed by atoms with van der Waals surface area (Å²) in [5, 5.41) is 12.2. The molecule has 0 spiro atoms. The quantitative estimate of drug-likeness (QED) is 0.866. The Morgan fingerprint density at radius 3 is 2.45 bits per heavy atom. The van der Waals surface area contributed by atoms with E-state index in [4.69, 9.17) is 9.84 Å². The van der Waals surface area contributed by atoms with Crippen LogP contribution in [0.2, 0.25) is 0 Å². The van der Waals surface area contributed by atoms with E-state index >= 15 is 0 Å². The van der Waals surface area contributed by atoms with E-state index in [-0.39, 0.29) is 18.6 Å². The molecule has 1 aromatic carbocycles. The average Bonchev–Trinajstić information content (AvgIpc) is 2.49. The molecule has 2 rings (SSSR count). The van der Waals surface area contributed by atoms with E-state index in [1.165, 1.54) is 0 Å². The van der Waals surface area contributed by atoms with Crippen LogP contribution >= 0.6 is 0 Å². The number of hydrogen-bond acceptors (Lipinski definition) is 3. The normalized spacial score (nSPS) is 22.5. The highest BCUT2D eigenvalue weighted by molar-refractivity contribution is 5.94. The van der Waals surface area contributed by atoms with Crippen molar-refractivity contribution in [3.63, 3.8) is 0 Å². The number of carbonyl (C=O) groups excluding carboxylic acids is 1. The second-order valence-corrected chi connectivity index (χ2v) is 5.50. The lowest BCUT2D eigenvalue weighted by atomic mass is 9.86. The van der Waals surface area contributed by atoms with Crippen molar-refractivity contribution in [2.45, 2.75) is 38.3 Å². The Balaban J connectivity index is 1.85. The summed E-state index contributed by atoms with van der Waals surface area (Å²) in [4.78, 5) is 12.1. The molecule has 0 radical (unpaired) electrons. The van der Waals surface area contributed by atoms with E-state index in [0.717, 1.165) is 31.2 Å². The van der Waals surface area contributed by atoms with Crippen LogP contribution in [0, 0.1) is 5.92 Å². The van der Waals surface area contributed by atoms with Gasteiger partial charge >= 0.3 is 0 Å². The van der Waals surface area contributed by atoms with Gasteiger partial charge in [-0.05, 0) is 49.3 Å². The number of rotatable bonds is 5. The Morgan fingerprint density at radius 1 is 1.25 bits per heavy atom. The van der Waals surface area contributed by atoms with Crippen LogP contribution in [0.1, 0.15) is 41.6 Å². The van der Waals surface area contributed by atoms with E-state index in [2.05, 4.69) is 5.32 Å². The predicted octanol–water partition coefficient (Wildman–Crippen LogP) is 2.11. The molecule has 0 bridgehead atoms. The lowest BCUT2D eigenvalue weighted by molar-refractivity contribution is 0.0914. The molecule has 4 heteroatoms. The number of carbonyl (C=O) groups is 1. The SMILES string of the molecule is COCc1ccc(C(=O)NC2CCC(CO)CC2)cc1. The summed E-state index contributed by atoms with van der Waals surface area (Å²) in [6.07, 6.45) is 3.90. The summed E-state index contributed by atoms with van der Waals surface area (Å²) in [7, 11) is 1.66. The molecule has 0 unspecified atom stereocenters. The van der Waals surface area contributed by atoms with Crippen molar-refractivity contribution in [1.82, 2.24) is 5.32 Å². The topological polar surface area (TPSA) is 58.6 Å². The number of methoxy groups -OCH3 is 1. The van der Waals surface area contributed by atoms with Gasteiger partial charge in [-0.15, -0.1) is 0 Å². The van der Waals surface area contributed by atoms with Gasteiger partial charge in [-0.3, -0.25) is 4.79 Å². The Hall–Kier alpha value is -1.39. The third kappa shape index (κ3) is 4.05. The third-order valence-electron chi connectivity index (χ3n) is 3.97. The molecular weight excluding hydrogens is 254 g/mol. The van der Waals surface area contributed by atoms with Crippen LogP contribution in [0.3, 0.4) is 0 Å². The highest BCUT2D eigenvalue weighted by Crippen LogP contribution is 2.23. The van der Waals surface area contributed by atoms with Gasteiger partial charge in [0, 0.05) is 25.3 Å². The molecule has 1 aliphatic rings. The number of ether oxygens (including phenoxy) is 1. The summed E-state index contributed by atoms with van der Waals surface area (Å²) >= 11 is 0. The lowest BCUT2D eigenvalue weighted by Crippen LogP contribution is -2.38. The van der Waals surface area contributed by atoms with Gasteiger partial charge in [-0.25, -0.2) is 0 Å².